The molecule has 0 N–H and O–H groups in total. The van der Waals surface area contributed by atoms with E-state index in [9.17, 15) is 14.4 Å². The molecule has 128 valence electrons. The van der Waals surface area contributed by atoms with Crippen LogP contribution >= 0.6 is 11.3 Å². The van der Waals surface area contributed by atoms with Crippen molar-refractivity contribution in [1.82, 2.24) is 14.8 Å². The highest BCUT2D eigenvalue weighted by Crippen LogP contribution is 2.26. The Morgan fingerprint density at radius 2 is 2.00 bits per heavy atom. The average Bonchev–Trinajstić information content (AvgIpc) is 3.19. The second-order valence-electron chi connectivity index (χ2n) is 6.04. The molecule has 0 bridgehead atoms. The molecule has 2 saturated heterocycles. The van der Waals surface area contributed by atoms with Crippen molar-refractivity contribution < 1.29 is 19.1 Å². The summed E-state index contributed by atoms with van der Waals surface area (Å²) in [5.74, 6) is -0.349. The lowest BCUT2D eigenvalue weighted by Crippen LogP contribution is -2.54. The lowest BCUT2D eigenvalue weighted by atomic mass is 9.99. The minimum absolute atomic E-state index is 0.0887. The SMILES string of the molecule is O=C(c1csc(-c2ccccc2)n1)N1CC(CN2C(=O)COC2=O)C1. The molecule has 3 amide bonds. The summed E-state index contributed by atoms with van der Waals surface area (Å²) in [6.07, 6.45) is -0.596. The molecule has 2 aliphatic rings. The van der Waals surface area contributed by atoms with Gasteiger partial charge in [-0.15, -0.1) is 11.3 Å². The number of likely N-dealkylation sites (tertiary alicyclic amines) is 1. The van der Waals surface area contributed by atoms with E-state index in [1.807, 2.05) is 30.3 Å². The monoisotopic (exact) mass is 357 g/mol. The van der Waals surface area contributed by atoms with Crippen LogP contribution < -0.4 is 0 Å². The summed E-state index contributed by atoms with van der Waals surface area (Å²) in [6, 6.07) is 9.72. The molecule has 0 radical (unpaired) electrons. The van der Waals surface area contributed by atoms with Crippen molar-refractivity contribution in [3.63, 3.8) is 0 Å². The molecule has 7 nitrogen and oxygen atoms in total. The zero-order chi connectivity index (χ0) is 17.4. The fraction of sp³-hybridized carbons (Fsp3) is 0.294. The van der Waals surface area contributed by atoms with E-state index in [0.717, 1.165) is 15.5 Å². The molecule has 2 aromatic rings. The zero-order valence-corrected chi connectivity index (χ0v) is 14.1. The second-order valence-corrected chi connectivity index (χ2v) is 6.90. The van der Waals surface area contributed by atoms with Gasteiger partial charge in [0.15, 0.2) is 6.61 Å². The van der Waals surface area contributed by atoms with E-state index >= 15 is 0 Å². The van der Waals surface area contributed by atoms with Gasteiger partial charge in [-0.3, -0.25) is 9.59 Å². The minimum Gasteiger partial charge on any atom is -0.439 e. The quantitative estimate of drug-likeness (QED) is 0.834. The number of cyclic esters (lactones) is 1. The molecule has 1 aromatic carbocycles. The summed E-state index contributed by atoms with van der Waals surface area (Å²) in [5, 5.41) is 2.57. The fourth-order valence-electron chi connectivity index (χ4n) is 2.91. The van der Waals surface area contributed by atoms with Gasteiger partial charge in [0.25, 0.3) is 11.8 Å². The lowest BCUT2D eigenvalue weighted by Gasteiger charge is -2.39. The maximum absolute atomic E-state index is 12.5. The van der Waals surface area contributed by atoms with Gasteiger partial charge in [-0.25, -0.2) is 14.7 Å². The number of carbonyl (C=O) groups excluding carboxylic acids is 3. The van der Waals surface area contributed by atoms with Crippen LogP contribution in [0.2, 0.25) is 0 Å². The highest BCUT2D eigenvalue weighted by atomic mass is 32.1. The molecule has 3 heterocycles. The number of aromatic nitrogens is 1. The number of hydrogen-bond acceptors (Lipinski definition) is 6. The molecular formula is C17H15N3O4S. The van der Waals surface area contributed by atoms with Crippen molar-refractivity contribution in [2.45, 2.75) is 0 Å². The summed E-state index contributed by atoms with van der Waals surface area (Å²) in [6.45, 7) is 1.13. The molecule has 0 aliphatic carbocycles. The predicted octanol–water partition coefficient (Wildman–Crippen LogP) is 1.86. The van der Waals surface area contributed by atoms with E-state index in [1.54, 1.807) is 10.3 Å². The van der Waals surface area contributed by atoms with Gasteiger partial charge in [0, 0.05) is 36.5 Å². The van der Waals surface area contributed by atoms with E-state index in [1.165, 1.54) is 11.3 Å². The lowest BCUT2D eigenvalue weighted by molar-refractivity contribution is -0.126. The Kier molecular flexibility index (Phi) is 3.96. The molecule has 2 fully saturated rings. The van der Waals surface area contributed by atoms with Crippen molar-refractivity contribution in [2.24, 2.45) is 5.92 Å². The first-order valence-corrected chi connectivity index (χ1v) is 8.77. The highest BCUT2D eigenvalue weighted by molar-refractivity contribution is 7.13. The first-order valence-electron chi connectivity index (χ1n) is 7.89. The summed E-state index contributed by atoms with van der Waals surface area (Å²) in [4.78, 5) is 42.7. The average molecular weight is 357 g/mol. The van der Waals surface area contributed by atoms with Gasteiger partial charge in [0.05, 0.1) is 0 Å². The van der Waals surface area contributed by atoms with Gasteiger partial charge in [0.1, 0.15) is 10.7 Å². The van der Waals surface area contributed by atoms with Gasteiger partial charge in [-0.05, 0) is 0 Å². The van der Waals surface area contributed by atoms with E-state index in [4.69, 9.17) is 0 Å². The van der Waals surface area contributed by atoms with Crippen molar-refractivity contribution in [3.8, 4) is 10.6 Å². The van der Waals surface area contributed by atoms with Gasteiger partial charge >= 0.3 is 6.09 Å². The molecule has 0 atom stereocenters. The molecule has 1 aromatic heterocycles. The number of rotatable bonds is 4. The Morgan fingerprint density at radius 1 is 1.24 bits per heavy atom. The number of amides is 3. The Morgan fingerprint density at radius 3 is 2.68 bits per heavy atom. The molecule has 0 unspecified atom stereocenters. The number of nitrogens with zero attached hydrogens (tertiary/aromatic N) is 3. The smallest absolute Gasteiger partial charge is 0.417 e. The second kappa shape index (κ2) is 6.29. The highest BCUT2D eigenvalue weighted by Gasteiger charge is 2.38. The molecule has 0 spiro atoms. The number of thiazole rings is 1. The van der Waals surface area contributed by atoms with Crippen molar-refractivity contribution in [2.75, 3.05) is 26.2 Å². The molecule has 0 saturated carbocycles. The Labute approximate surface area is 147 Å². The summed E-state index contributed by atoms with van der Waals surface area (Å²) in [7, 11) is 0. The van der Waals surface area contributed by atoms with Gasteiger partial charge < -0.3 is 9.64 Å². The maximum atomic E-state index is 12.5. The minimum atomic E-state index is -0.596. The van der Waals surface area contributed by atoms with Crippen molar-refractivity contribution in [3.05, 3.63) is 41.4 Å². The molecular weight excluding hydrogens is 342 g/mol. The van der Waals surface area contributed by atoms with Gasteiger partial charge in [-0.2, -0.15) is 0 Å². The largest absolute Gasteiger partial charge is 0.439 e. The summed E-state index contributed by atoms with van der Waals surface area (Å²) < 4.78 is 4.68. The standard InChI is InChI=1S/C17H15N3O4S/c21-14-9-24-17(23)20(14)8-11-6-19(7-11)16(22)13-10-25-15(18-13)12-4-2-1-3-5-12/h1-5,10-11H,6-9H2. The molecule has 4 rings (SSSR count). The number of benzene rings is 1. The predicted molar refractivity (Wildman–Crippen MR) is 90.0 cm³/mol. The summed E-state index contributed by atoms with van der Waals surface area (Å²) >= 11 is 1.44. The first kappa shape index (κ1) is 15.8. The van der Waals surface area contributed by atoms with Crippen LogP contribution in [0.5, 0.6) is 0 Å². The zero-order valence-electron chi connectivity index (χ0n) is 13.3. The number of imide groups is 1. The summed E-state index contributed by atoms with van der Waals surface area (Å²) in [5.41, 5.74) is 1.41. The third-order valence-electron chi connectivity index (χ3n) is 4.27. The van der Waals surface area contributed by atoms with E-state index in [-0.39, 0.29) is 24.3 Å². The first-order chi connectivity index (χ1) is 12.1. The van der Waals surface area contributed by atoms with Crippen LogP contribution in [-0.2, 0) is 9.53 Å². The molecule has 2 aliphatic heterocycles. The van der Waals surface area contributed by atoms with Crippen LogP contribution in [0.4, 0.5) is 4.79 Å². The van der Waals surface area contributed by atoms with E-state index < -0.39 is 6.09 Å². The number of hydrogen-bond donors (Lipinski definition) is 0. The fourth-order valence-corrected chi connectivity index (χ4v) is 3.71. The molecule has 8 heteroatoms. The third-order valence-corrected chi connectivity index (χ3v) is 5.16. The van der Waals surface area contributed by atoms with Crippen LogP contribution in [0.1, 0.15) is 10.5 Å². The Bertz CT molecular complexity index is 813. The number of ether oxygens (including phenoxy) is 1. The Balaban J connectivity index is 1.35. The third kappa shape index (κ3) is 3.00. The van der Waals surface area contributed by atoms with Gasteiger partial charge in [0.2, 0.25) is 0 Å². The van der Waals surface area contributed by atoms with Crippen LogP contribution in [0, 0.1) is 5.92 Å². The van der Waals surface area contributed by atoms with Crippen molar-refractivity contribution in [1.29, 1.82) is 0 Å². The van der Waals surface area contributed by atoms with E-state index in [2.05, 4.69) is 9.72 Å². The maximum Gasteiger partial charge on any atom is 0.417 e. The normalized spacial score (nSPS) is 17.6. The van der Waals surface area contributed by atoms with Crippen LogP contribution in [0.3, 0.4) is 0 Å². The van der Waals surface area contributed by atoms with Crippen LogP contribution in [-0.4, -0.2) is 58.9 Å². The van der Waals surface area contributed by atoms with Crippen LogP contribution in [0.25, 0.3) is 10.6 Å². The molecule has 25 heavy (non-hydrogen) atoms. The topological polar surface area (TPSA) is 79.8 Å². The number of carbonyl (C=O) groups is 3. The van der Waals surface area contributed by atoms with Crippen LogP contribution in [0.15, 0.2) is 35.7 Å². The van der Waals surface area contributed by atoms with Crippen molar-refractivity contribution >= 4 is 29.2 Å². The van der Waals surface area contributed by atoms with E-state index in [0.29, 0.717) is 25.3 Å². The Hall–Kier alpha value is -2.74. The van der Waals surface area contributed by atoms with Gasteiger partial charge in [-0.1, -0.05) is 30.3 Å².